The first-order chi connectivity index (χ1) is 19.2. The summed E-state index contributed by atoms with van der Waals surface area (Å²) in [6.07, 6.45) is 6.32. The maximum Gasteiger partial charge on any atom is 0.121 e. The minimum atomic E-state index is 0.277. The Morgan fingerprint density at radius 3 is 2.59 bits per heavy atom. The van der Waals surface area contributed by atoms with Crippen molar-refractivity contribution in [2.75, 3.05) is 6.54 Å². The molecule has 5 aromatic rings. The predicted octanol–water partition coefficient (Wildman–Crippen LogP) is 6.66. The fraction of sp³-hybridized carbons (Fsp3) is 0.273. The van der Waals surface area contributed by atoms with Gasteiger partial charge < -0.3 is 10.3 Å². The lowest BCUT2D eigenvalue weighted by molar-refractivity contribution is 0.153. The molecule has 1 aliphatic carbocycles. The van der Waals surface area contributed by atoms with E-state index in [9.17, 15) is 0 Å². The van der Waals surface area contributed by atoms with Crippen LogP contribution in [-0.2, 0) is 32.5 Å². The third-order valence-corrected chi connectivity index (χ3v) is 8.13. The van der Waals surface area contributed by atoms with E-state index >= 15 is 0 Å². The van der Waals surface area contributed by atoms with Crippen LogP contribution in [0.15, 0.2) is 96.0 Å². The highest BCUT2D eigenvalue weighted by Gasteiger charge is 2.28. The highest BCUT2D eigenvalue weighted by Crippen LogP contribution is 2.34. The molecule has 5 nitrogen and oxygen atoms in total. The second-order valence-electron chi connectivity index (χ2n) is 10.4. The molecule has 0 aliphatic heterocycles. The van der Waals surface area contributed by atoms with Crippen molar-refractivity contribution in [1.82, 2.24) is 25.2 Å². The van der Waals surface area contributed by atoms with Gasteiger partial charge >= 0.3 is 0 Å². The zero-order valence-electron chi connectivity index (χ0n) is 22.2. The molecule has 0 saturated heterocycles. The smallest absolute Gasteiger partial charge is 0.121 e. The van der Waals surface area contributed by atoms with Crippen molar-refractivity contribution >= 4 is 23.7 Å². The molecule has 0 bridgehead atoms. The van der Waals surface area contributed by atoms with Crippen LogP contribution in [0.5, 0.6) is 0 Å². The summed E-state index contributed by atoms with van der Waals surface area (Å²) in [5, 5.41) is 3.58. The first-order valence-corrected chi connectivity index (χ1v) is 14.3. The van der Waals surface area contributed by atoms with Crippen LogP contribution >= 0.6 is 12.6 Å². The Bertz CT molecular complexity index is 1490. The zero-order chi connectivity index (χ0) is 26.4. The van der Waals surface area contributed by atoms with Crippen molar-refractivity contribution < 1.29 is 0 Å². The number of hydrogen-bond donors (Lipinski definition) is 3. The van der Waals surface area contributed by atoms with E-state index in [4.69, 9.17) is 9.97 Å². The van der Waals surface area contributed by atoms with Crippen LogP contribution in [-0.4, -0.2) is 26.4 Å². The van der Waals surface area contributed by atoms with Crippen LogP contribution in [0.1, 0.15) is 52.7 Å². The summed E-state index contributed by atoms with van der Waals surface area (Å²) in [7, 11) is 0. The minimum Gasteiger partial charge on any atom is -0.341 e. The summed E-state index contributed by atoms with van der Waals surface area (Å²) in [4.78, 5) is 16.9. The summed E-state index contributed by atoms with van der Waals surface area (Å²) in [5.41, 5.74) is 8.60. The van der Waals surface area contributed by atoms with Crippen LogP contribution in [0, 0.1) is 0 Å². The van der Waals surface area contributed by atoms with Crippen molar-refractivity contribution in [2.24, 2.45) is 0 Å². The molecule has 39 heavy (non-hydrogen) atoms. The van der Waals surface area contributed by atoms with Gasteiger partial charge in [-0.2, -0.15) is 0 Å². The monoisotopic (exact) mass is 533 g/mol. The third-order valence-electron chi connectivity index (χ3n) is 7.70. The van der Waals surface area contributed by atoms with E-state index in [2.05, 4.69) is 101 Å². The molecule has 0 spiro atoms. The topological polar surface area (TPSA) is 56.8 Å². The molecule has 0 fully saturated rings. The first-order valence-electron chi connectivity index (χ1n) is 13.9. The van der Waals surface area contributed by atoms with Crippen LogP contribution < -0.4 is 5.32 Å². The van der Waals surface area contributed by atoms with Gasteiger partial charge in [0.25, 0.3) is 0 Å². The second-order valence-corrected chi connectivity index (χ2v) is 10.9. The van der Waals surface area contributed by atoms with Crippen LogP contribution in [0.2, 0.25) is 0 Å². The van der Waals surface area contributed by atoms with E-state index in [1.807, 2.05) is 18.3 Å². The number of aromatic amines is 1. The number of para-hydroxylation sites is 2. The molecule has 2 aromatic heterocycles. The summed E-state index contributed by atoms with van der Waals surface area (Å²) in [6.45, 7) is 3.39. The normalized spacial score (nSPS) is 15.1. The molecule has 1 unspecified atom stereocenters. The molecule has 2 N–H and O–H groups in total. The third kappa shape index (κ3) is 6.25. The molecule has 1 atom stereocenters. The molecule has 6 heteroatoms. The summed E-state index contributed by atoms with van der Waals surface area (Å²) < 4.78 is 0. The van der Waals surface area contributed by atoms with E-state index in [0.29, 0.717) is 0 Å². The lowest BCUT2D eigenvalue weighted by atomic mass is 9.90. The van der Waals surface area contributed by atoms with Gasteiger partial charge in [0.1, 0.15) is 5.82 Å². The Labute approximate surface area is 236 Å². The Kier molecular flexibility index (Phi) is 8.05. The van der Waals surface area contributed by atoms with Crippen LogP contribution in [0.25, 0.3) is 11.0 Å². The van der Waals surface area contributed by atoms with Crippen molar-refractivity contribution in [1.29, 1.82) is 0 Å². The van der Waals surface area contributed by atoms with Crippen molar-refractivity contribution in [2.45, 2.75) is 56.3 Å². The van der Waals surface area contributed by atoms with Crippen LogP contribution in [0.4, 0.5) is 0 Å². The van der Waals surface area contributed by atoms with E-state index in [0.717, 1.165) is 67.2 Å². The molecular formula is C33H35N5S. The largest absolute Gasteiger partial charge is 0.341 e. The highest BCUT2D eigenvalue weighted by atomic mass is 32.1. The Morgan fingerprint density at radius 2 is 1.72 bits per heavy atom. The minimum absolute atomic E-state index is 0.277. The van der Waals surface area contributed by atoms with Gasteiger partial charge in [0.05, 0.1) is 29.3 Å². The fourth-order valence-electron chi connectivity index (χ4n) is 5.66. The number of nitrogens with one attached hydrogen (secondary N) is 2. The van der Waals surface area contributed by atoms with Gasteiger partial charge in [0, 0.05) is 24.2 Å². The van der Waals surface area contributed by atoms with Gasteiger partial charge in [-0.15, -0.1) is 12.6 Å². The van der Waals surface area contributed by atoms with E-state index < -0.39 is 0 Å². The number of thiol groups is 1. The Balaban J connectivity index is 1.15. The molecule has 2 heterocycles. The maximum atomic E-state index is 4.90. The standard InChI is InChI=1S/C33H35N5S/c39-31-13-4-1-7-26(31)18-20-34-21-24-14-16-25(17-15-24)22-38(23-32-36-28-10-2-3-11-29(28)37-32)30-12-5-8-27-9-6-19-35-33(27)30/h1-4,6-7,9-11,13-17,19,30,34,39H,5,8,12,18,20-23H2,(H,36,37). The van der Waals surface area contributed by atoms with Crippen molar-refractivity contribution in [3.63, 3.8) is 0 Å². The van der Waals surface area contributed by atoms with Crippen molar-refractivity contribution in [3.05, 3.63) is 125 Å². The van der Waals surface area contributed by atoms with Gasteiger partial charge in [-0.1, -0.05) is 60.7 Å². The molecule has 3 aromatic carbocycles. The fourth-order valence-corrected chi connectivity index (χ4v) is 5.94. The highest BCUT2D eigenvalue weighted by molar-refractivity contribution is 7.80. The number of benzene rings is 3. The molecule has 0 amide bonds. The van der Waals surface area contributed by atoms with Gasteiger partial charge in [-0.05, 0) is 78.7 Å². The number of rotatable bonds is 10. The van der Waals surface area contributed by atoms with Crippen molar-refractivity contribution in [3.8, 4) is 0 Å². The number of imidazole rings is 1. The number of fused-ring (bicyclic) bond motifs is 2. The number of aryl methyl sites for hydroxylation is 1. The summed E-state index contributed by atoms with van der Waals surface area (Å²) in [5.74, 6) is 1.00. The zero-order valence-corrected chi connectivity index (χ0v) is 23.1. The number of H-pyrrole nitrogens is 1. The lowest BCUT2D eigenvalue weighted by Gasteiger charge is -2.34. The average Bonchev–Trinajstić information content (AvgIpc) is 3.39. The number of hydrogen-bond acceptors (Lipinski definition) is 5. The van der Waals surface area contributed by atoms with Gasteiger partial charge in [0.2, 0.25) is 0 Å². The first kappa shape index (κ1) is 25.8. The number of pyridine rings is 1. The number of aromatic nitrogens is 3. The Hall–Kier alpha value is -3.45. The number of nitrogens with zero attached hydrogens (tertiary/aromatic N) is 3. The van der Waals surface area contributed by atoms with Gasteiger partial charge in [-0.25, -0.2) is 4.98 Å². The second kappa shape index (κ2) is 12.2. The predicted molar refractivity (Wildman–Crippen MR) is 161 cm³/mol. The molecule has 1 aliphatic rings. The molecular weight excluding hydrogens is 498 g/mol. The molecule has 0 radical (unpaired) electrons. The van der Waals surface area contributed by atoms with E-state index in [-0.39, 0.29) is 6.04 Å². The van der Waals surface area contributed by atoms with E-state index in [1.165, 1.54) is 34.4 Å². The Morgan fingerprint density at radius 1 is 0.897 bits per heavy atom. The van der Waals surface area contributed by atoms with Gasteiger partial charge in [0.15, 0.2) is 0 Å². The van der Waals surface area contributed by atoms with Gasteiger partial charge in [-0.3, -0.25) is 9.88 Å². The summed E-state index contributed by atoms with van der Waals surface area (Å²) in [6, 6.07) is 30.2. The lowest BCUT2D eigenvalue weighted by Crippen LogP contribution is -2.31. The SMILES string of the molecule is Sc1ccccc1CCNCc1ccc(CN(Cc2nc3ccccc3[nH]2)C2CCCc3cccnc32)cc1. The maximum absolute atomic E-state index is 4.90. The quantitative estimate of drug-likeness (QED) is 0.139. The van der Waals surface area contributed by atoms with E-state index in [1.54, 1.807) is 0 Å². The average molecular weight is 534 g/mol. The summed E-state index contributed by atoms with van der Waals surface area (Å²) >= 11 is 4.56. The molecule has 198 valence electrons. The van der Waals surface area contributed by atoms with Crippen LogP contribution in [0.3, 0.4) is 0 Å². The molecule has 0 saturated carbocycles. The molecule has 6 rings (SSSR count).